The molecule has 2 fully saturated rings. The standard InChI is InChI=1S/C17H27N5O4/c1-4-5-18-16(24)20-13-6-12-8-22(14(23)9-25-3)10-17(12,7-13)15-19-11(2)21-26-15/h12-13H,4-10H2,1-3H3,(H2,18,20,24)/t12-,13+,17-/m0/s1. The molecule has 9 heteroatoms. The smallest absolute Gasteiger partial charge is 0.315 e. The average Bonchev–Trinajstić information content (AvgIpc) is 3.25. The highest BCUT2D eigenvalue weighted by atomic mass is 16.5. The zero-order chi connectivity index (χ0) is 18.7. The Bertz CT molecular complexity index is 663. The van der Waals surface area contributed by atoms with E-state index in [-0.39, 0.29) is 30.5 Å². The molecule has 0 bridgehead atoms. The first-order valence-electron chi connectivity index (χ1n) is 9.10. The number of methoxy groups -OCH3 is 1. The number of urea groups is 1. The van der Waals surface area contributed by atoms with Gasteiger partial charge >= 0.3 is 6.03 Å². The van der Waals surface area contributed by atoms with Gasteiger partial charge in [-0.2, -0.15) is 4.98 Å². The van der Waals surface area contributed by atoms with Crippen molar-refractivity contribution in [3.63, 3.8) is 0 Å². The van der Waals surface area contributed by atoms with Crippen molar-refractivity contribution >= 4 is 11.9 Å². The fourth-order valence-corrected chi connectivity index (χ4v) is 4.19. The first-order valence-corrected chi connectivity index (χ1v) is 9.10. The van der Waals surface area contributed by atoms with Crippen LogP contribution >= 0.6 is 0 Å². The van der Waals surface area contributed by atoms with E-state index < -0.39 is 5.41 Å². The lowest BCUT2D eigenvalue weighted by atomic mass is 9.80. The Kier molecular flexibility index (Phi) is 5.45. The van der Waals surface area contributed by atoms with E-state index in [2.05, 4.69) is 20.8 Å². The van der Waals surface area contributed by atoms with E-state index >= 15 is 0 Å². The van der Waals surface area contributed by atoms with E-state index in [1.807, 2.05) is 6.92 Å². The van der Waals surface area contributed by atoms with Gasteiger partial charge in [0.2, 0.25) is 11.8 Å². The van der Waals surface area contributed by atoms with E-state index in [1.54, 1.807) is 11.8 Å². The van der Waals surface area contributed by atoms with Gasteiger partial charge in [0.1, 0.15) is 6.61 Å². The van der Waals surface area contributed by atoms with E-state index in [0.717, 1.165) is 12.8 Å². The lowest BCUT2D eigenvalue weighted by Crippen LogP contribution is -2.43. The molecule has 0 unspecified atom stereocenters. The third kappa shape index (κ3) is 3.53. The summed E-state index contributed by atoms with van der Waals surface area (Å²) >= 11 is 0. The average molecular weight is 365 g/mol. The summed E-state index contributed by atoms with van der Waals surface area (Å²) in [6.45, 7) is 5.62. The highest BCUT2D eigenvalue weighted by molar-refractivity contribution is 5.78. The minimum absolute atomic E-state index is 0.0174. The van der Waals surface area contributed by atoms with Crippen LogP contribution in [0.4, 0.5) is 4.79 Å². The van der Waals surface area contributed by atoms with Crippen molar-refractivity contribution in [2.45, 2.75) is 44.6 Å². The molecule has 1 saturated heterocycles. The first kappa shape index (κ1) is 18.6. The number of nitrogens with zero attached hydrogens (tertiary/aromatic N) is 3. The van der Waals surface area contributed by atoms with Gasteiger partial charge < -0.3 is 24.8 Å². The Morgan fingerprint density at radius 2 is 2.27 bits per heavy atom. The van der Waals surface area contributed by atoms with Crippen LogP contribution < -0.4 is 10.6 Å². The number of carbonyl (C=O) groups excluding carboxylic acids is 2. The lowest BCUT2D eigenvalue weighted by Gasteiger charge is -2.25. The first-order chi connectivity index (χ1) is 12.5. The minimum Gasteiger partial charge on any atom is -0.375 e. The summed E-state index contributed by atoms with van der Waals surface area (Å²) in [5.74, 6) is 1.26. The largest absolute Gasteiger partial charge is 0.375 e. The number of likely N-dealkylation sites (tertiary alicyclic amines) is 1. The molecule has 26 heavy (non-hydrogen) atoms. The van der Waals surface area contributed by atoms with E-state index in [1.165, 1.54) is 7.11 Å². The zero-order valence-corrected chi connectivity index (χ0v) is 15.6. The molecule has 1 saturated carbocycles. The van der Waals surface area contributed by atoms with Crippen LogP contribution in [-0.2, 0) is 14.9 Å². The van der Waals surface area contributed by atoms with Crippen LogP contribution in [-0.4, -0.2) is 66.4 Å². The molecule has 2 heterocycles. The molecular weight excluding hydrogens is 338 g/mol. The number of fused-ring (bicyclic) bond motifs is 1. The molecule has 144 valence electrons. The molecule has 1 aromatic heterocycles. The number of ether oxygens (including phenoxy) is 1. The van der Waals surface area contributed by atoms with Crippen molar-refractivity contribution in [1.82, 2.24) is 25.7 Å². The van der Waals surface area contributed by atoms with Crippen LogP contribution in [0, 0.1) is 12.8 Å². The maximum Gasteiger partial charge on any atom is 0.315 e. The Morgan fingerprint density at radius 3 is 2.92 bits per heavy atom. The SMILES string of the molecule is CCCNC(=O)N[C@@H]1C[C@H]2CN(C(=O)COC)C[C@@]2(c2nc(C)no2)C1. The fourth-order valence-electron chi connectivity index (χ4n) is 4.19. The van der Waals surface area contributed by atoms with Crippen molar-refractivity contribution in [3.8, 4) is 0 Å². The van der Waals surface area contributed by atoms with Crippen molar-refractivity contribution in [2.75, 3.05) is 33.4 Å². The number of amides is 3. The van der Waals surface area contributed by atoms with Gasteiger partial charge in [-0.1, -0.05) is 12.1 Å². The fraction of sp³-hybridized carbons (Fsp3) is 0.765. The predicted octanol–water partition coefficient (Wildman–Crippen LogP) is 0.592. The number of carbonyl (C=O) groups is 2. The van der Waals surface area contributed by atoms with Crippen LogP contribution in [0.2, 0.25) is 0 Å². The number of aromatic nitrogens is 2. The quantitative estimate of drug-likeness (QED) is 0.764. The third-order valence-electron chi connectivity index (χ3n) is 5.32. The van der Waals surface area contributed by atoms with Crippen LogP contribution in [0.15, 0.2) is 4.52 Å². The maximum atomic E-state index is 12.3. The Labute approximate surface area is 152 Å². The normalized spacial score (nSPS) is 27.4. The zero-order valence-electron chi connectivity index (χ0n) is 15.6. The van der Waals surface area contributed by atoms with Gasteiger partial charge in [0.05, 0.1) is 5.41 Å². The highest BCUT2D eigenvalue weighted by Crippen LogP contribution is 2.50. The molecular formula is C17H27N5O4. The molecule has 3 amide bonds. The predicted molar refractivity (Wildman–Crippen MR) is 92.5 cm³/mol. The molecule has 3 atom stereocenters. The van der Waals surface area contributed by atoms with Gasteiger partial charge in [-0.25, -0.2) is 4.79 Å². The van der Waals surface area contributed by atoms with Crippen LogP contribution in [0.1, 0.15) is 37.9 Å². The van der Waals surface area contributed by atoms with Crippen LogP contribution in [0.5, 0.6) is 0 Å². The number of rotatable bonds is 6. The minimum atomic E-state index is -0.409. The van der Waals surface area contributed by atoms with Gasteiger partial charge in [0.25, 0.3) is 0 Å². The second-order valence-corrected chi connectivity index (χ2v) is 7.24. The highest BCUT2D eigenvalue weighted by Gasteiger charge is 2.58. The monoisotopic (exact) mass is 365 g/mol. The van der Waals surface area contributed by atoms with Crippen molar-refractivity contribution < 1.29 is 18.8 Å². The van der Waals surface area contributed by atoms with Crippen LogP contribution in [0.25, 0.3) is 0 Å². The summed E-state index contributed by atoms with van der Waals surface area (Å²) in [6, 6.07) is -0.135. The molecule has 9 nitrogen and oxygen atoms in total. The summed E-state index contributed by atoms with van der Waals surface area (Å²) in [4.78, 5) is 30.6. The van der Waals surface area contributed by atoms with Gasteiger partial charge in [0.15, 0.2) is 5.82 Å². The van der Waals surface area contributed by atoms with E-state index in [4.69, 9.17) is 9.26 Å². The van der Waals surface area contributed by atoms with Gasteiger partial charge in [0, 0.05) is 32.8 Å². The van der Waals surface area contributed by atoms with Gasteiger partial charge in [-0.3, -0.25) is 4.79 Å². The van der Waals surface area contributed by atoms with Crippen molar-refractivity contribution in [2.24, 2.45) is 5.92 Å². The summed E-state index contributed by atoms with van der Waals surface area (Å²) in [7, 11) is 1.51. The molecule has 0 aromatic carbocycles. The number of nitrogens with one attached hydrogen (secondary N) is 2. The maximum absolute atomic E-state index is 12.3. The summed E-state index contributed by atoms with van der Waals surface area (Å²) in [5.41, 5.74) is -0.409. The van der Waals surface area contributed by atoms with Crippen molar-refractivity contribution in [3.05, 3.63) is 11.7 Å². The molecule has 0 spiro atoms. The topological polar surface area (TPSA) is 110 Å². The lowest BCUT2D eigenvalue weighted by molar-refractivity contribution is -0.134. The molecule has 2 N–H and O–H groups in total. The van der Waals surface area contributed by atoms with Gasteiger partial charge in [-0.05, 0) is 32.1 Å². The summed E-state index contributed by atoms with van der Waals surface area (Å²) in [6.07, 6.45) is 2.34. The molecule has 1 aliphatic carbocycles. The van der Waals surface area contributed by atoms with Crippen LogP contribution in [0.3, 0.4) is 0 Å². The van der Waals surface area contributed by atoms with E-state index in [9.17, 15) is 9.59 Å². The summed E-state index contributed by atoms with van der Waals surface area (Å²) < 4.78 is 10.5. The Morgan fingerprint density at radius 1 is 1.46 bits per heavy atom. The Balaban J connectivity index is 1.75. The third-order valence-corrected chi connectivity index (χ3v) is 5.32. The molecule has 2 aliphatic rings. The molecule has 0 radical (unpaired) electrons. The number of hydrogen-bond donors (Lipinski definition) is 2. The Hall–Kier alpha value is -2.16. The van der Waals surface area contributed by atoms with Gasteiger partial charge in [-0.15, -0.1) is 0 Å². The molecule has 3 rings (SSSR count). The second-order valence-electron chi connectivity index (χ2n) is 7.24. The number of hydrogen-bond acceptors (Lipinski definition) is 6. The van der Waals surface area contributed by atoms with Crippen molar-refractivity contribution in [1.29, 1.82) is 0 Å². The number of aryl methyl sites for hydroxylation is 1. The summed E-state index contributed by atoms with van der Waals surface area (Å²) in [5, 5.41) is 9.82. The second kappa shape index (κ2) is 7.61. The molecule has 1 aliphatic heterocycles. The molecule has 1 aromatic rings. The van der Waals surface area contributed by atoms with E-state index in [0.29, 0.717) is 37.8 Å².